The van der Waals surface area contributed by atoms with Crippen LogP contribution in [0.25, 0.3) is 0 Å². The molecule has 4 unspecified atom stereocenters. The van der Waals surface area contributed by atoms with Crippen LogP contribution < -0.4 is 36.1 Å². The van der Waals surface area contributed by atoms with Gasteiger partial charge in [0.05, 0.1) is 133 Å². The van der Waals surface area contributed by atoms with E-state index < -0.39 is 169 Å². The number of likely N-dealkylation sites (tertiary alicyclic amines) is 1. The molecule has 4 aromatic rings. The molecule has 0 spiro atoms. The minimum absolute atomic E-state index is 0.0139. The fraction of sp³-hybridized carbons (Fsp3) is 0.600. The summed E-state index contributed by atoms with van der Waals surface area (Å²) in [6, 6.07) is 27.0. The molecule has 0 bridgehead atoms. The van der Waals surface area contributed by atoms with E-state index in [4.69, 9.17) is 94.7 Å². The number of hydrogen-bond donors (Lipinski definition) is 6. The van der Waals surface area contributed by atoms with Gasteiger partial charge >= 0.3 is 47.8 Å². The van der Waals surface area contributed by atoms with Crippen molar-refractivity contribution in [3.63, 3.8) is 0 Å². The molecule has 0 saturated carbocycles. The van der Waals surface area contributed by atoms with E-state index in [9.17, 15) is 72.2 Å². The molecule has 6 amide bonds. The van der Waals surface area contributed by atoms with Gasteiger partial charge in [-0.2, -0.15) is 0 Å². The molecule has 0 aliphatic carbocycles. The van der Waals surface area contributed by atoms with Crippen molar-refractivity contribution in [2.75, 3.05) is 165 Å². The van der Waals surface area contributed by atoms with E-state index in [0.717, 1.165) is 57.2 Å². The fourth-order valence-electron chi connectivity index (χ4n) is 15.4. The van der Waals surface area contributed by atoms with Crippen LogP contribution in [0, 0.1) is 10.8 Å². The number of methoxy groups -OCH3 is 2. The summed E-state index contributed by atoms with van der Waals surface area (Å²) in [6.07, 6.45) is -6.41. The summed E-state index contributed by atoms with van der Waals surface area (Å²) in [6.45, 7) is 14.0. The third kappa shape index (κ3) is 37.3. The average Bonchev–Trinajstić information content (AvgIpc) is 1.50. The number of nitrogens with zero attached hydrogens (tertiary/aromatic N) is 1. The molecule has 12 atom stereocenters. The number of unbranched alkanes of at least 4 members (excludes halogenated alkanes) is 5. The Kier molecular flexibility index (Phi) is 47.8. The third-order valence-electron chi connectivity index (χ3n) is 22.3. The SMILES string of the molecule is COc1ccc(C(OCC2(C)CN(C(=O)CCCCCCCCC(=O)Nc3cc(C(=O)NCCOCCOCCOCCOC4O[C@H](COC(C)=O)[C@H](OC(C)=O)[C@H](OC(C)=O)[C@H]4NC(C)=O)cc(C(=O)NCCOCCOCCOCCOC4O[C@H](COC(C)=O)[C@H](OC(C)=O)[C@H](OC(C)=O)[C@H]4NC(C)=O)c3)CC2(C)COC(=O)CCC(=O)O)(c2ccccc2)c2ccc(OC)cc2)cc1. The van der Waals surface area contributed by atoms with Gasteiger partial charge in [-0.15, -0.1) is 0 Å². The quantitative estimate of drug-likeness (QED) is 0.0129. The Morgan fingerprint density at radius 1 is 0.426 bits per heavy atom. The van der Waals surface area contributed by atoms with Crippen molar-refractivity contribution in [2.45, 2.75) is 200 Å². The summed E-state index contributed by atoms with van der Waals surface area (Å²) >= 11 is 0. The first-order chi connectivity index (χ1) is 65.1. The van der Waals surface area contributed by atoms with E-state index >= 15 is 0 Å². The first kappa shape index (κ1) is 112. The van der Waals surface area contributed by atoms with Gasteiger partial charge in [-0.25, -0.2) is 0 Å². The molecule has 136 heavy (non-hydrogen) atoms. The van der Waals surface area contributed by atoms with Gasteiger partial charge in [-0.3, -0.25) is 67.1 Å². The number of rotatable bonds is 61. The van der Waals surface area contributed by atoms with Crippen LogP contribution in [0.4, 0.5) is 5.69 Å². The number of carbonyl (C=O) groups is 14. The van der Waals surface area contributed by atoms with Crippen molar-refractivity contribution in [2.24, 2.45) is 10.8 Å². The Morgan fingerprint density at radius 3 is 1.21 bits per heavy atom. The van der Waals surface area contributed by atoms with Crippen LogP contribution in [-0.2, 0) is 148 Å². The predicted molar refractivity (Wildman–Crippen MR) is 480 cm³/mol. The van der Waals surface area contributed by atoms with Crippen molar-refractivity contribution in [1.29, 1.82) is 0 Å². The molecule has 752 valence electrons. The van der Waals surface area contributed by atoms with Crippen molar-refractivity contribution >= 4 is 88.9 Å². The normalized spacial score (nSPS) is 20.7. The zero-order valence-corrected chi connectivity index (χ0v) is 79.4. The first-order valence-electron chi connectivity index (χ1n) is 45.2. The lowest BCUT2D eigenvalue weighted by Crippen LogP contribution is -2.66. The number of hydrogen-bond acceptors (Lipinski definition) is 34. The summed E-state index contributed by atoms with van der Waals surface area (Å²) in [7, 11) is 3.18. The van der Waals surface area contributed by atoms with Crippen LogP contribution in [0.2, 0.25) is 0 Å². The Hall–Kier alpha value is -11.4. The molecular formula is C95H132N6O35. The Bertz CT molecular complexity index is 4310. The molecule has 0 aromatic heterocycles. The first-order valence-corrected chi connectivity index (χ1v) is 45.2. The number of aliphatic carboxylic acids is 1. The maximum absolute atomic E-state index is 14.4. The molecule has 6 N–H and O–H groups in total. The molecule has 4 aromatic carbocycles. The number of nitrogens with one attached hydrogen (secondary N) is 5. The van der Waals surface area contributed by atoms with Gasteiger partial charge in [-0.1, -0.05) is 94.1 Å². The number of carboxylic acids is 1. The van der Waals surface area contributed by atoms with E-state index in [-0.39, 0.29) is 180 Å². The number of ether oxygens (including phenoxy) is 20. The second-order valence-electron chi connectivity index (χ2n) is 33.1. The van der Waals surface area contributed by atoms with Crippen LogP contribution in [0.15, 0.2) is 97.1 Å². The molecule has 7 rings (SSSR count). The molecule has 0 radical (unpaired) electrons. The third-order valence-corrected chi connectivity index (χ3v) is 22.3. The lowest BCUT2D eigenvalue weighted by molar-refractivity contribution is -0.279. The number of esters is 7. The smallest absolute Gasteiger partial charge is 0.306 e. The largest absolute Gasteiger partial charge is 0.497 e. The second-order valence-corrected chi connectivity index (χ2v) is 33.1. The number of carbonyl (C=O) groups excluding carboxylic acids is 13. The molecular weight excluding hydrogens is 1790 g/mol. The van der Waals surface area contributed by atoms with Gasteiger partial charge < -0.3 is 131 Å². The van der Waals surface area contributed by atoms with Crippen LogP contribution in [0.1, 0.15) is 171 Å². The topological polar surface area (TPSA) is 507 Å². The van der Waals surface area contributed by atoms with Crippen molar-refractivity contribution in [3.05, 3.63) is 125 Å². The zero-order valence-electron chi connectivity index (χ0n) is 79.4. The van der Waals surface area contributed by atoms with Crippen molar-refractivity contribution in [3.8, 4) is 11.5 Å². The summed E-state index contributed by atoms with van der Waals surface area (Å²) in [5.41, 5.74) is -0.205. The molecule has 41 heteroatoms. The molecule has 3 aliphatic heterocycles. The summed E-state index contributed by atoms with van der Waals surface area (Å²) in [5.74, 6) is -7.54. The van der Waals surface area contributed by atoms with E-state index in [2.05, 4.69) is 26.6 Å². The van der Waals surface area contributed by atoms with E-state index in [1.54, 1.807) is 19.1 Å². The van der Waals surface area contributed by atoms with Gasteiger partial charge in [0.15, 0.2) is 37.0 Å². The monoisotopic (exact) mass is 1920 g/mol. The van der Waals surface area contributed by atoms with Crippen LogP contribution in [0.5, 0.6) is 11.5 Å². The average molecular weight is 1920 g/mol. The highest BCUT2D eigenvalue weighted by Gasteiger charge is 2.57. The Morgan fingerprint density at radius 2 is 0.809 bits per heavy atom. The summed E-state index contributed by atoms with van der Waals surface area (Å²) in [4.78, 5) is 179. The van der Waals surface area contributed by atoms with Gasteiger partial charge in [0.2, 0.25) is 23.6 Å². The maximum atomic E-state index is 14.4. The number of benzene rings is 4. The van der Waals surface area contributed by atoms with E-state index in [1.807, 2.05) is 92.7 Å². The fourth-order valence-corrected chi connectivity index (χ4v) is 15.4. The lowest BCUT2D eigenvalue weighted by atomic mass is 9.68. The molecule has 3 heterocycles. The predicted octanol–water partition coefficient (Wildman–Crippen LogP) is 5.94. The van der Waals surface area contributed by atoms with Crippen LogP contribution in [-0.4, -0.2) is 314 Å². The number of amides is 6. The van der Waals surface area contributed by atoms with E-state index in [1.165, 1.54) is 45.9 Å². The molecule has 3 aliphatic rings. The highest BCUT2D eigenvalue weighted by atomic mass is 16.7. The summed E-state index contributed by atoms with van der Waals surface area (Å²) in [5, 5.41) is 23.0. The minimum atomic E-state index is -1.29. The van der Waals surface area contributed by atoms with Gasteiger partial charge in [0.25, 0.3) is 11.8 Å². The van der Waals surface area contributed by atoms with Gasteiger partial charge in [-0.05, 0) is 72.0 Å². The molecule has 3 saturated heterocycles. The standard InChI is InChI=1S/C95H132N6O35/c1-61(102)98-83-87(133-67(7)108)85(131-65(5)106)77(55-127-63(3)104)135-91(83)125-50-48-123-46-44-121-42-40-119-38-36-96-89(115)69-52-70(90(116)97-37-39-120-41-43-122-45-47-124-49-51-126-92-84(99-62(2)103)88(134-68(8)109)86(132-66(6)107)78(136-92)56-128-64(4)105)54-74(53-69)100-79(110)24-20-15-13-14-16-21-25-80(111)101-57-93(9,59-129-82(114)35-34-81(112)113)94(10,58-101)60-130-95(71-22-18-17-19-23-71,72-26-30-75(117-11)31-27-72)73-28-32-76(118-12)33-29-73/h17-19,22-23,26-33,52-54,77-78,83-88,91-92H,13-16,20-21,24-25,34-51,55-60H2,1-12H3,(H,96,115)(H,97,116)(H,98,102)(H,99,103)(H,100,110)(H,112,113)/t77-,78-,83-,84-,85+,86+,87-,88-,91?,92?,93?,94?/m1/s1. The van der Waals surface area contributed by atoms with E-state index in [0.29, 0.717) is 37.2 Å². The number of carboxylic acid groups (broad SMARTS) is 1. The summed E-state index contributed by atoms with van der Waals surface area (Å²) < 4.78 is 114. The molecule has 41 nitrogen and oxygen atoms in total. The second kappa shape index (κ2) is 58.3. The Balaban J connectivity index is 0.888. The van der Waals surface area contributed by atoms with Gasteiger partial charge in [0, 0.05) is 122 Å². The number of anilines is 1. The zero-order chi connectivity index (χ0) is 99.2. The van der Waals surface area contributed by atoms with Crippen LogP contribution in [0.3, 0.4) is 0 Å². The maximum Gasteiger partial charge on any atom is 0.306 e. The highest BCUT2D eigenvalue weighted by Crippen LogP contribution is 2.51. The lowest BCUT2D eigenvalue weighted by Gasteiger charge is -2.44. The molecule has 3 fully saturated rings. The highest BCUT2D eigenvalue weighted by molar-refractivity contribution is 6.03. The Labute approximate surface area is 790 Å². The van der Waals surface area contributed by atoms with Gasteiger partial charge in [0.1, 0.15) is 54.6 Å². The van der Waals surface area contributed by atoms with Crippen molar-refractivity contribution < 1.29 is 167 Å². The van der Waals surface area contributed by atoms with Crippen molar-refractivity contribution in [1.82, 2.24) is 26.2 Å². The van der Waals surface area contributed by atoms with Crippen LogP contribution >= 0.6 is 0 Å². The minimum Gasteiger partial charge on any atom is -0.497 e.